The van der Waals surface area contributed by atoms with Crippen LogP contribution in [0.4, 0.5) is 0 Å². The quantitative estimate of drug-likeness (QED) is 0.446. The molecule has 0 unspecified atom stereocenters. The number of carboxylic acids is 2. The molecule has 8 heteroatoms. The summed E-state index contributed by atoms with van der Waals surface area (Å²) in [5, 5.41) is 16.4. The molecule has 0 bridgehead atoms. The van der Waals surface area contributed by atoms with E-state index in [2.05, 4.69) is 9.97 Å². The molecule has 8 nitrogen and oxygen atoms in total. The second-order valence-electron chi connectivity index (χ2n) is 3.51. The summed E-state index contributed by atoms with van der Waals surface area (Å²) in [6.07, 6.45) is 4.11. The van der Waals surface area contributed by atoms with Crippen LogP contribution in [0.3, 0.4) is 0 Å². The summed E-state index contributed by atoms with van der Waals surface area (Å²) < 4.78 is 0. The highest BCUT2D eigenvalue weighted by atomic mass is 16.4. The Balaban J connectivity index is 0.000000360. The summed E-state index contributed by atoms with van der Waals surface area (Å²) in [5.41, 5.74) is 11.0. The molecule has 0 amide bonds. The van der Waals surface area contributed by atoms with Gasteiger partial charge in [-0.2, -0.15) is 0 Å². The number of aliphatic carboxylic acids is 2. The normalized spacial score (nSPS) is 11.2. The highest BCUT2D eigenvalue weighted by Gasteiger charge is 2.11. The molecule has 0 radical (unpaired) electrons. The lowest BCUT2D eigenvalue weighted by molar-refractivity contribution is -0.139. The van der Waals surface area contributed by atoms with E-state index in [0.29, 0.717) is 13.0 Å². The van der Waals surface area contributed by atoms with Gasteiger partial charge in [-0.1, -0.05) is 0 Å². The van der Waals surface area contributed by atoms with E-state index in [9.17, 15) is 9.59 Å². The first-order chi connectivity index (χ1) is 8.47. The molecule has 1 rings (SSSR count). The predicted molar refractivity (Wildman–Crippen MR) is 63.8 cm³/mol. The summed E-state index contributed by atoms with van der Waals surface area (Å²) in [4.78, 5) is 26.5. The molecule has 0 aliphatic rings. The molecule has 0 aliphatic carbocycles. The van der Waals surface area contributed by atoms with E-state index in [4.69, 9.17) is 21.7 Å². The molecule has 0 fully saturated rings. The zero-order chi connectivity index (χ0) is 14.0. The second-order valence-corrected chi connectivity index (χ2v) is 3.51. The van der Waals surface area contributed by atoms with Gasteiger partial charge in [-0.3, -0.25) is 9.59 Å². The van der Waals surface area contributed by atoms with Gasteiger partial charge in [0.05, 0.1) is 6.33 Å². The number of aromatic amines is 1. The highest BCUT2D eigenvalue weighted by Crippen LogP contribution is 1.95. The number of hydrogen-bond donors (Lipinski definition) is 5. The van der Waals surface area contributed by atoms with Gasteiger partial charge in [0.2, 0.25) is 0 Å². The number of nitrogens with zero attached hydrogens (tertiary/aromatic N) is 1. The number of carboxylic acid groups (broad SMARTS) is 2. The van der Waals surface area contributed by atoms with Gasteiger partial charge < -0.3 is 26.7 Å². The molecule has 18 heavy (non-hydrogen) atoms. The van der Waals surface area contributed by atoms with Crippen molar-refractivity contribution in [1.82, 2.24) is 9.97 Å². The van der Waals surface area contributed by atoms with E-state index < -0.39 is 18.0 Å². The van der Waals surface area contributed by atoms with Crippen molar-refractivity contribution in [2.24, 2.45) is 11.5 Å². The van der Waals surface area contributed by atoms with Gasteiger partial charge in [-0.25, -0.2) is 4.98 Å². The molecule has 1 aromatic heterocycles. The Morgan fingerprint density at radius 1 is 1.44 bits per heavy atom. The van der Waals surface area contributed by atoms with Crippen molar-refractivity contribution < 1.29 is 19.8 Å². The molecule has 1 heterocycles. The Hall–Kier alpha value is -1.93. The number of H-pyrrole nitrogens is 1. The van der Waals surface area contributed by atoms with Crippen LogP contribution in [0, 0.1) is 0 Å². The predicted octanol–water partition coefficient (Wildman–Crippen LogP) is -0.826. The van der Waals surface area contributed by atoms with Crippen molar-refractivity contribution in [1.29, 1.82) is 0 Å². The molecule has 102 valence electrons. The van der Waals surface area contributed by atoms with Crippen molar-refractivity contribution in [2.45, 2.75) is 25.3 Å². The van der Waals surface area contributed by atoms with Crippen molar-refractivity contribution in [3.8, 4) is 0 Å². The van der Waals surface area contributed by atoms with E-state index in [1.807, 2.05) is 0 Å². The van der Waals surface area contributed by atoms with Crippen LogP contribution in [0.5, 0.6) is 0 Å². The minimum absolute atomic E-state index is 0.191. The standard InChI is InChI=1S/C6H9N3O2.C4H9NO2/c7-5(6(10)11)1-4-2-8-3-9-4;5-3-1-2-4(6)7/h2-3,5H,1,7H2,(H,8,9)(H,10,11);1-3,5H2,(H,6,7)/t5-;/m0./s1. The molecular weight excluding hydrogens is 240 g/mol. The Labute approximate surface area is 104 Å². The van der Waals surface area contributed by atoms with Crippen LogP contribution in [0.15, 0.2) is 12.5 Å². The average molecular weight is 258 g/mol. The maximum Gasteiger partial charge on any atom is 0.320 e. The van der Waals surface area contributed by atoms with Crippen molar-refractivity contribution in [2.75, 3.05) is 6.54 Å². The maximum atomic E-state index is 10.3. The lowest BCUT2D eigenvalue weighted by Gasteiger charge is -2.02. The molecular formula is C10H18N4O4. The van der Waals surface area contributed by atoms with E-state index in [-0.39, 0.29) is 12.8 Å². The number of imidazole rings is 1. The van der Waals surface area contributed by atoms with Gasteiger partial charge in [-0.15, -0.1) is 0 Å². The van der Waals surface area contributed by atoms with Gasteiger partial charge in [-0.05, 0) is 13.0 Å². The van der Waals surface area contributed by atoms with Crippen LogP contribution in [0.2, 0.25) is 0 Å². The van der Waals surface area contributed by atoms with Gasteiger partial charge in [0, 0.05) is 24.7 Å². The minimum Gasteiger partial charge on any atom is -0.481 e. The number of rotatable bonds is 6. The molecule has 1 atom stereocenters. The monoisotopic (exact) mass is 258 g/mol. The highest BCUT2D eigenvalue weighted by molar-refractivity contribution is 5.73. The summed E-state index contributed by atoms with van der Waals surface area (Å²) in [6.45, 7) is 0.465. The Kier molecular flexibility index (Phi) is 8.16. The topological polar surface area (TPSA) is 155 Å². The van der Waals surface area contributed by atoms with Crippen molar-refractivity contribution in [3.05, 3.63) is 18.2 Å². The Bertz CT molecular complexity index is 353. The molecule has 0 aliphatic heterocycles. The Morgan fingerprint density at radius 2 is 2.11 bits per heavy atom. The fourth-order valence-corrected chi connectivity index (χ4v) is 0.974. The first-order valence-electron chi connectivity index (χ1n) is 5.34. The Morgan fingerprint density at radius 3 is 2.44 bits per heavy atom. The molecule has 0 spiro atoms. The van der Waals surface area contributed by atoms with Gasteiger partial charge in [0.25, 0.3) is 0 Å². The number of hydrogen-bond acceptors (Lipinski definition) is 5. The first-order valence-corrected chi connectivity index (χ1v) is 5.34. The fraction of sp³-hybridized carbons (Fsp3) is 0.500. The molecule has 0 aromatic carbocycles. The second kappa shape index (κ2) is 9.14. The van der Waals surface area contributed by atoms with Crippen LogP contribution in [-0.2, 0) is 16.0 Å². The molecule has 0 saturated carbocycles. The lowest BCUT2D eigenvalue weighted by Crippen LogP contribution is -2.32. The molecule has 0 saturated heterocycles. The minimum atomic E-state index is -1.00. The van der Waals surface area contributed by atoms with Gasteiger partial charge in [0.15, 0.2) is 0 Å². The number of carbonyl (C=O) groups is 2. The number of aromatic nitrogens is 2. The number of nitrogens with two attached hydrogens (primary N) is 2. The first kappa shape index (κ1) is 16.1. The zero-order valence-electron chi connectivity index (χ0n) is 9.87. The SMILES string of the molecule is NCCCC(=O)O.N[C@@H](Cc1cnc[nH]1)C(=O)O. The smallest absolute Gasteiger partial charge is 0.320 e. The third-order valence-electron chi connectivity index (χ3n) is 1.91. The summed E-state index contributed by atoms with van der Waals surface area (Å²) >= 11 is 0. The van der Waals surface area contributed by atoms with E-state index in [1.165, 1.54) is 6.33 Å². The van der Waals surface area contributed by atoms with Gasteiger partial charge in [0.1, 0.15) is 6.04 Å². The molecule has 1 aromatic rings. The van der Waals surface area contributed by atoms with Crippen LogP contribution in [0.1, 0.15) is 18.5 Å². The lowest BCUT2D eigenvalue weighted by atomic mass is 10.2. The summed E-state index contributed by atoms with van der Waals surface area (Å²) in [7, 11) is 0. The molecule has 7 N–H and O–H groups in total. The van der Waals surface area contributed by atoms with E-state index >= 15 is 0 Å². The van der Waals surface area contributed by atoms with E-state index in [0.717, 1.165) is 5.69 Å². The number of nitrogens with one attached hydrogen (secondary N) is 1. The third kappa shape index (κ3) is 8.25. The van der Waals surface area contributed by atoms with Crippen LogP contribution in [-0.4, -0.2) is 44.7 Å². The van der Waals surface area contributed by atoms with Crippen LogP contribution in [0.25, 0.3) is 0 Å². The third-order valence-corrected chi connectivity index (χ3v) is 1.91. The van der Waals surface area contributed by atoms with Crippen molar-refractivity contribution >= 4 is 11.9 Å². The van der Waals surface area contributed by atoms with Crippen LogP contribution < -0.4 is 11.5 Å². The summed E-state index contributed by atoms with van der Waals surface area (Å²) in [5.74, 6) is -1.77. The van der Waals surface area contributed by atoms with Gasteiger partial charge >= 0.3 is 11.9 Å². The maximum absolute atomic E-state index is 10.3. The van der Waals surface area contributed by atoms with Crippen molar-refractivity contribution in [3.63, 3.8) is 0 Å². The van der Waals surface area contributed by atoms with E-state index in [1.54, 1.807) is 6.20 Å². The van der Waals surface area contributed by atoms with Crippen LogP contribution >= 0.6 is 0 Å². The average Bonchev–Trinajstić information content (AvgIpc) is 2.79. The summed E-state index contributed by atoms with van der Waals surface area (Å²) in [6, 6.07) is -0.851. The largest absolute Gasteiger partial charge is 0.481 e. The fourth-order valence-electron chi connectivity index (χ4n) is 0.974. The zero-order valence-corrected chi connectivity index (χ0v) is 9.87.